The van der Waals surface area contributed by atoms with Gasteiger partial charge in [-0.1, -0.05) is 0 Å². The standard InChI is InChI=1S/C9H13N3O3/c1-2-15-9(14)7-6-8(13)12(11-7)5-3-4-10/h7,11H,2-3,5-6H2,1H3. The largest absolute Gasteiger partial charge is 0.465 e. The van der Waals surface area contributed by atoms with E-state index in [1.54, 1.807) is 6.92 Å². The minimum absolute atomic E-state index is 0.101. The van der Waals surface area contributed by atoms with Gasteiger partial charge in [-0.25, -0.2) is 5.43 Å². The fourth-order valence-corrected chi connectivity index (χ4v) is 1.32. The predicted molar refractivity (Wildman–Crippen MR) is 50.1 cm³/mol. The van der Waals surface area contributed by atoms with E-state index >= 15 is 0 Å². The third-order valence-electron chi connectivity index (χ3n) is 2.01. The fourth-order valence-electron chi connectivity index (χ4n) is 1.32. The van der Waals surface area contributed by atoms with Crippen LogP contribution in [-0.2, 0) is 14.3 Å². The maximum absolute atomic E-state index is 11.3. The number of rotatable bonds is 4. The van der Waals surface area contributed by atoms with E-state index in [1.165, 1.54) is 5.01 Å². The summed E-state index contributed by atoms with van der Waals surface area (Å²) in [6, 6.07) is 1.33. The number of hydrogen-bond acceptors (Lipinski definition) is 5. The molecule has 0 aromatic heterocycles. The number of nitriles is 1. The van der Waals surface area contributed by atoms with Crippen molar-refractivity contribution in [3.8, 4) is 6.07 Å². The second-order valence-corrected chi connectivity index (χ2v) is 3.09. The van der Waals surface area contributed by atoms with Crippen molar-refractivity contribution in [2.24, 2.45) is 0 Å². The van der Waals surface area contributed by atoms with Gasteiger partial charge in [-0.05, 0) is 6.92 Å². The van der Waals surface area contributed by atoms with Crippen LogP contribution in [0.25, 0.3) is 0 Å². The van der Waals surface area contributed by atoms with Gasteiger partial charge in [-0.15, -0.1) is 0 Å². The second kappa shape index (κ2) is 5.32. The zero-order chi connectivity index (χ0) is 11.3. The first kappa shape index (κ1) is 11.5. The molecule has 1 saturated heterocycles. The van der Waals surface area contributed by atoms with Crippen molar-refractivity contribution in [1.82, 2.24) is 10.4 Å². The third kappa shape index (κ3) is 2.92. The number of carbonyl (C=O) groups is 2. The molecule has 1 amide bonds. The summed E-state index contributed by atoms with van der Waals surface area (Å²) in [5, 5.41) is 9.66. The molecule has 1 heterocycles. The van der Waals surface area contributed by atoms with Crippen molar-refractivity contribution in [2.75, 3.05) is 13.2 Å². The lowest BCUT2D eigenvalue weighted by atomic mass is 10.2. The number of nitrogens with one attached hydrogen (secondary N) is 1. The summed E-state index contributed by atoms with van der Waals surface area (Å²) in [6.45, 7) is 2.30. The van der Waals surface area contributed by atoms with Crippen molar-refractivity contribution >= 4 is 11.9 Å². The number of ether oxygens (including phenoxy) is 1. The summed E-state index contributed by atoms with van der Waals surface area (Å²) < 4.78 is 4.78. The van der Waals surface area contributed by atoms with Crippen LogP contribution in [0.4, 0.5) is 0 Å². The monoisotopic (exact) mass is 211 g/mol. The van der Waals surface area contributed by atoms with E-state index in [4.69, 9.17) is 10.00 Å². The third-order valence-corrected chi connectivity index (χ3v) is 2.01. The van der Waals surface area contributed by atoms with Gasteiger partial charge in [0.1, 0.15) is 6.04 Å². The van der Waals surface area contributed by atoms with Crippen LogP contribution in [0.2, 0.25) is 0 Å². The Morgan fingerprint density at radius 1 is 1.80 bits per heavy atom. The van der Waals surface area contributed by atoms with E-state index in [2.05, 4.69) is 5.43 Å². The van der Waals surface area contributed by atoms with Crippen molar-refractivity contribution in [2.45, 2.75) is 25.8 Å². The molecule has 0 saturated carbocycles. The maximum atomic E-state index is 11.3. The number of nitrogens with zero attached hydrogens (tertiary/aromatic N) is 2. The number of amides is 1. The minimum Gasteiger partial charge on any atom is -0.465 e. The molecule has 82 valence electrons. The highest BCUT2D eigenvalue weighted by atomic mass is 16.5. The van der Waals surface area contributed by atoms with Crippen LogP contribution in [0.15, 0.2) is 0 Å². The topological polar surface area (TPSA) is 82.4 Å². The number of hydrogen-bond donors (Lipinski definition) is 1. The molecular formula is C9H13N3O3. The van der Waals surface area contributed by atoms with Gasteiger partial charge < -0.3 is 4.74 Å². The zero-order valence-corrected chi connectivity index (χ0v) is 8.52. The molecule has 1 rings (SSSR count). The molecule has 1 atom stereocenters. The first-order valence-electron chi connectivity index (χ1n) is 4.79. The Morgan fingerprint density at radius 2 is 2.53 bits per heavy atom. The van der Waals surface area contributed by atoms with Crippen LogP contribution in [-0.4, -0.2) is 36.1 Å². The van der Waals surface area contributed by atoms with Crippen molar-refractivity contribution in [3.63, 3.8) is 0 Å². The lowest BCUT2D eigenvalue weighted by Crippen LogP contribution is -2.41. The Labute approximate surface area is 87.8 Å². The van der Waals surface area contributed by atoms with Gasteiger partial charge in [0.15, 0.2) is 0 Å². The highest BCUT2D eigenvalue weighted by Crippen LogP contribution is 2.09. The molecule has 1 fully saturated rings. The van der Waals surface area contributed by atoms with E-state index in [1.807, 2.05) is 6.07 Å². The van der Waals surface area contributed by atoms with Crippen LogP contribution >= 0.6 is 0 Å². The van der Waals surface area contributed by atoms with Gasteiger partial charge >= 0.3 is 5.97 Å². The van der Waals surface area contributed by atoms with Gasteiger partial charge in [0.2, 0.25) is 5.91 Å². The van der Waals surface area contributed by atoms with Gasteiger partial charge in [0, 0.05) is 0 Å². The van der Waals surface area contributed by atoms with Crippen molar-refractivity contribution in [3.05, 3.63) is 0 Å². The van der Waals surface area contributed by atoms with Crippen LogP contribution in [0.1, 0.15) is 19.8 Å². The molecule has 6 nitrogen and oxygen atoms in total. The highest BCUT2D eigenvalue weighted by molar-refractivity contribution is 5.88. The number of esters is 1. The molecule has 0 aliphatic carbocycles. The summed E-state index contributed by atoms with van der Waals surface area (Å²) in [7, 11) is 0. The quantitative estimate of drug-likeness (QED) is 0.638. The molecule has 0 aromatic carbocycles. The first-order valence-corrected chi connectivity index (χ1v) is 4.79. The second-order valence-electron chi connectivity index (χ2n) is 3.09. The van der Waals surface area contributed by atoms with E-state index in [0.29, 0.717) is 13.2 Å². The van der Waals surface area contributed by atoms with Gasteiger partial charge in [0.05, 0.1) is 32.1 Å². The molecule has 0 bridgehead atoms. The number of carbonyl (C=O) groups excluding carboxylic acids is 2. The molecule has 6 heteroatoms. The lowest BCUT2D eigenvalue weighted by molar-refractivity contribution is -0.145. The molecule has 0 aromatic rings. The normalized spacial score (nSPS) is 20.1. The van der Waals surface area contributed by atoms with Crippen LogP contribution in [0, 0.1) is 11.3 Å². The van der Waals surface area contributed by atoms with E-state index in [9.17, 15) is 9.59 Å². The molecule has 1 N–H and O–H groups in total. The summed E-state index contributed by atoms with van der Waals surface area (Å²) in [5.41, 5.74) is 2.72. The molecule has 0 radical (unpaired) electrons. The molecule has 15 heavy (non-hydrogen) atoms. The Balaban J connectivity index is 2.45. The Morgan fingerprint density at radius 3 is 3.13 bits per heavy atom. The van der Waals surface area contributed by atoms with E-state index < -0.39 is 12.0 Å². The summed E-state index contributed by atoms with van der Waals surface area (Å²) in [5.74, 6) is -0.603. The molecular weight excluding hydrogens is 198 g/mol. The molecule has 1 aliphatic rings. The summed E-state index contributed by atoms with van der Waals surface area (Å²) >= 11 is 0. The van der Waals surface area contributed by atoms with Crippen molar-refractivity contribution in [1.29, 1.82) is 5.26 Å². The zero-order valence-electron chi connectivity index (χ0n) is 8.52. The first-order chi connectivity index (χ1) is 7.19. The van der Waals surface area contributed by atoms with Gasteiger partial charge in [-0.2, -0.15) is 5.26 Å². The molecule has 1 unspecified atom stereocenters. The van der Waals surface area contributed by atoms with Crippen LogP contribution in [0.5, 0.6) is 0 Å². The van der Waals surface area contributed by atoms with Crippen molar-refractivity contribution < 1.29 is 14.3 Å². The van der Waals surface area contributed by atoms with E-state index in [0.717, 1.165) is 0 Å². The Kier molecular flexibility index (Phi) is 4.06. The maximum Gasteiger partial charge on any atom is 0.325 e. The molecule has 0 spiro atoms. The fraction of sp³-hybridized carbons (Fsp3) is 0.667. The minimum atomic E-state index is -0.601. The SMILES string of the molecule is CCOC(=O)C1CC(=O)N(CCC#N)N1. The Bertz CT molecular complexity index is 297. The summed E-state index contributed by atoms with van der Waals surface area (Å²) in [4.78, 5) is 22.6. The lowest BCUT2D eigenvalue weighted by Gasteiger charge is -2.15. The van der Waals surface area contributed by atoms with Crippen LogP contribution in [0.3, 0.4) is 0 Å². The predicted octanol–water partition coefficient (Wildman–Crippen LogP) is -0.431. The van der Waals surface area contributed by atoms with Gasteiger partial charge in [-0.3, -0.25) is 14.6 Å². The average molecular weight is 211 g/mol. The Hall–Kier alpha value is -1.61. The number of hydrazine groups is 1. The highest BCUT2D eigenvalue weighted by Gasteiger charge is 2.34. The molecule has 1 aliphatic heterocycles. The average Bonchev–Trinajstić information content (AvgIpc) is 2.57. The van der Waals surface area contributed by atoms with E-state index in [-0.39, 0.29) is 18.7 Å². The van der Waals surface area contributed by atoms with Crippen LogP contribution < -0.4 is 5.43 Å². The smallest absolute Gasteiger partial charge is 0.325 e. The van der Waals surface area contributed by atoms with Gasteiger partial charge in [0.25, 0.3) is 0 Å². The summed E-state index contributed by atoms with van der Waals surface area (Å²) in [6.07, 6.45) is 0.346.